The largest absolute Gasteiger partial charge is 0.356 e. The fourth-order valence-electron chi connectivity index (χ4n) is 3.38. The number of allylic oxidation sites excluding steroid dienone is 5. The van der Waals surface area contributed by atoms with E-state index in [-0.39, 0.29) is 5.41 Å². The summed E-state index contributed by atoms with van der Waals surface area (Å²) in [5, 5.41) is 0. The number of nitrogens with one attached hydrogen (secondary N) is 2. The maximum Gasteiger partial charge on any atom is 0.0659 e. The van der Waals surface area contributed by atoms with Crippen LogP contribution in [0.15, 0.2) is 76.0 Å². The Bertz CT molecular complexity index is 1060. The normalized spacial score (nSPS) is 23.9. The molecule has 4 heteroatoms. The lowest BCUT2D eigenvalue weighted by Crippen LogP contribution is -2.27. The van der Waals surface area contributed by atoms with E-state index in [1.54, 1.807) is 0 Å². The molecule has 4 nitrogen and oxygen atoms in total. The van der Waals surface area contributed by atoms with E-state index in [9.17, 15) is 0 Å². The first-order valence-corrected chi connectivity index (χ1v) is 8.44. The molecule has 8 bridgehead atoms. The number of H-pyrrole nitrogens is 2. The number of aliphatic imine (C=N–C) groups is 2. The molecule has 5 heterocycles. The van der Waals surface area contributed by atoms with Gasteiger partial charge in [0.2, 0.25) is 0 Å². The van der Waals surface area contributed by atoms with Crippen LogP contribution < -0.4 is 0 Å². The van der Waals surface area contributed by atoms with E-state index in [0.717, 1.165) is 45.6 Å². The number of hydrogen-bond acceptors (Lipinski definition) is 2. The van der Waals surface area contributed by atoms with Crippen molar-refractivity contribution in [2.24, 2.45) is 9.98 Å². The Morgan fingerprint density at radius 3 is 2.44 bits per heavy atom. The number of nitrogens with zero attached hydrogens (tertiary/aromatic N) is 2. The summed E-state index contributed by atoms with van der Waals surface area (Å²) in [7, 11) is 0. The number of hydrogen-bond donors (Lipinski definition) is 2. The van der Waals surface area contributed by atoms with Crippen LogP contribution in [0.4, 0.5) is 0 Å². The molecule has 0 aromatic carbocycles. The van der Waals surface area contributed by atoms with E-state index in [0.29, 0.717) is 0 Å². The monoisotopic (exact) mass is 326 g/mol. The van der Waals surface area contributed by atoms with Gasteiger partial charge in [-0.25, -0.2) is 4.99 Å². The van der Waals surface area contributed by atoms with Gasteiger partial charge in [0, 0.05) is 16.8 Å². The van der Waals surface area contributed by atoms with Gasteiger partial charge in [0.15, 0.2) is 0 Å². The fraction of sp³-hybridized carbons (Fsp3) is 0.143. The summed E-state index contributed by atoms with van der Waals surface area (Å²) in [6.07, 6.45) is 12.3. The van der Waals surface area contributed by atoms with Gasteiger partial charge in [-0.2, -0.15) is 0 Å². The van der Waals surface area contributed by atoms with E-state index >= 15 is 0 Å². The van der Waals surface area contributed by atoms with Crippen molar-refractivity contribution < 1.29 is 0 Å². The van der Waals surface area contributed by atoms with Crippen LogP contribution in [0.2, 0.25) is 0 Å². The minimum absolute atomic E-state index is 0.198. The highest BCUT2D eigenvalue weighted by Gasteiger charge is 2.29. The lowest BCUT2D eigenvalue weighted by Gasteiger charge is -2.22. The molecule has 25 heavy (non-hydrogen) atoms. The third-order valence-corrected chi connectivity index (χ3v) is 4.94. The van der Waals surface area contributed by atoms with Gasteiger partial charge in [-0.1, -0.05) is 0 Å². The van der Waals surface area contributed by atoms with Gasteiger partial charge in [0.25, 0.3) is 0 Å². The average molecular weight is 326 g/mol. The predicted molar refractivity (Wildman–Crippen MR) is 103 cm³/mol. The van der Waals surface area contributed by atoms with Crippen molar-refractivity contribution in [3.05, 3.63) is 77.4 Å². The van der Waals surface area contributed by atoms with Gasteiger partial charge in [0.1, 0.15) is 0 Å². The molecule has 3 aliphatic rings. The molecule has 5 rings (SSSR count). The van der Waals surface area contributed by atoms with Crippen LogP contribution in [0, 0.1) is 0 Å². The summed E-state index contributed by atoms with van der Waals surface area (Å²) in [6, 6.07) is 8.44. The van der Waals surface area contributed by atoms with Crippen molar-refractivity contribution in [2.45, 2.75) is 19.3 Å². The van der Waals surface area contributed by atoms with Crippen molar-refractivity contribution in [1.82, 2.24) is 9.97 Å². The van der Waals surface area contributed by atoms with Crippen molar-refractivity contribution in [1.29, 1.82) is 0 Å². The van der Waals surface area contributed by atoms with Gasteiger partial charge in [-0.3, -0.25) is 4.99 Å². The Morgan fingerprint density at radius 2 is 1.52 bits per heavy atom. The molecule has 2 aromatic rings. The minimum atomic E-state index is -0.198. The van der Waals surface area contributed by atoms with Crippen molar-refractivity contribution in [3.8, 4) is 11.4 Å². The Morgan fingerprint density at radius 1 is 0.760 bits per heavy atom. The first-order valence-electron chi connectivity index (χ1n) is 8.44. The Balaban J connectivity index is 1.72. The van der Waals surface area contributed by atoms with E-state index in [4.69, 9.17) is 4.99 Å². The zero-order valence-electron chi connectivity index (χ0n) is 14.2. The molecule has 2 N–H and O–H groups in total. The van der Waals surface area contributed by atoms with Gasteiger partial charge in [0.05, 0.1) is 34.2 Å². The summed E-state index contributed by atoms with van der Waals surface area (Å²) in [4.78, 5) is 16.5. The molecule has 0 saturated heterocycles. The van der Waals surface area contributed by atoms with Gasteiger partial charge in [-0.15, -0.1) is 0 Å². The smallest absolute Gasteiger partial charge is 0.0659 e. The lowest BCUT2D eigenvalue weighted by atomic mass is 9.84. The molecule has 0 amide bonds. The Kier molecular flexibility index (Phi) is 2.80. The summed E-state index contributed by atoms with van der Waals surface area (Å²) < 4.78 is 0. The SMILES string of the molecule is CC1(C)C2=N/C(=C\C3=NC(=C\c4ccc([nH]4)-c4ccc1[nH]4)/C=C3)C=C2. The van der Waals surface area contributed by atoms with Crippen LogP contribution >= 0.6 is 0 Å². The van der Waals surface area contributed by atoms with Crippen LogP contribution in [0.3, 0.4) is 0 Å². The second-order valence-electron chi connectivity index (χ2n) is 7.08. The first kappa shape index (κ1) is 14.2. The molecule has 0 aliphatic carbocycles. The second-order valence-corrected chi connectivity index (χ2v) is 7.08. The molecule has 122 valence electrons. The average Bonchev–Trinajstić information content (AvgIpc) is 3.34. The third-order valence-electron chi connectivity index (χ3n) is 4.94. The summed E-state index contributed by atoms with van der Waals surface area (Å²) >= 11 is 0. The molecule has 0 atom stereocenters. The van der Waals surface area contributed by atoms with Crippen molar-refractivity contribution >= 4 is 17.5 Å². The van der Waals surface area contributed by atoms with Crippen molar-refractivity contribution in [3.63, 3.8) is 0 Å². The zero-order chi connectivity index (χ0) is 17.0. The quantitative estimate of drug-likeness (QED) is 0.714. The number of aromatic nitrogens is 2. The van der Waals surface area contributed by atoms with E-state index in [2.05, 4.69) is 71.3 Å². The van der Waals surface area contributed by atoms with Gasteiger partial charge in [-0.05, 0) is 74.6 Å². The first-order chi connectivity index (χ1) is 12.1. The molecule has 0 spiro atoms. The van der Waals surface area contributed by atoms with Gasteiger partial charge < -0.3 is 9.97 Å². The maximum atomic E-state index is 4.82. The second kappa shape index (κ2) is 4.93. The Labute approximate surface area is 146 Å². The maximum absolute atomic E-state index is 4.82. The molecule has 2 aromatic heterocycles. The van der Waals surface area contributed by atoms with Crippen LogP contribution in [-0.2, 0) is 5.41 Å². The summed E-state index contributed by atoms with van der Waals surface area (Å²) in [5.41, 5.74) is 7.99. The standard InChI is InChI=1S/C21H18N4/c1-21(2)19-9-6-16(24-19)12-14-4-3-13(22-14)11-15-5-7-17(23-15)18-8-10-20(21)25-18/h3-12,23,25H,1-2H3/b13-11-,16-12-. The number of rotatable bonds is 0. The molecule has 3 aliphatic heterocycles. The molecule has 0 radical (unpaired) electrons. The molecule has 0 unspecified atom stereocenters. The molecule has 0 saturated carbocycles. The van der Waals surface area contributed by atoms with E-state index in [1.807, 2.05) is 18.2 Å². The Hall–Kier alpha value is -3.14. The van der Waals surface area contributed by atoms with Crippen molar-refractivity contribution in [2.75, 3.05) is 0 Å². The number of fused-ring (bicyclic) bond motifs is 7. The van der Waals surface area contributed by atoms with Gasteiger partial charge >= 0.3 is 0 Å². The van der Waals surface area contributed by atoms with E-state index < -0.39 is 0 Å². The van der Waals surface area contributed by atoms with E-state index in [1.165, 1.54) is 0 Å². The zero-order valence-corrected chi connectivity index (χ0v) is 14.2. The summed E-state index contributed by atoms with van der Waals surface area (Å²) in [6.45, 7) is 4.39. The molecule has 0 fully saturated rings. The fourth-order valence-corrected chi connectivity index (χ4v) is 3.38. The number of aromatic amines is 2. The van der Waals surface area contributed by atoms with Crippen LogP contribution in [0.1, 0.15) is 25.2 Å². The molecular weight excluding hydrogens is 308 g/mol. The van der Waals surface area contributed by atoms with Crippen LogP contribution in [0.5, 0.6) is 0 Å². The highest BCUT2D eigenvalue weighted by Crippen LogP contribution is 2.31. The lowest BCUT2D eigenvalue weighted by molar-refractivity contribution is 0.698. The topological polar surface area (TPSA) is 56.3 Å². The van der Waals surface area contributed by atoms with Crippen LogP contribution in [0.25, 0.3) is 17.5 Å². The minimum Gasteiger partial charge on any atom is -0.356 e. The highest BCUT2D eigenvalue weighted by atomic mass is 14.9. The predicted octanol–water partition coefficient (Wildman–Crippen LogP) is 4.55. The third kappa shape index (κ3) is 2.30. The summed E-state index contributed by atoms with van der Waals surface area (Å²) in [5.74, 6) is 0. The highest BCUT2D eigenvalue weighted by molar-refractivity contribution is 6.10. The van der Waals surface area contributed by atoms with Crippen LogP contribution in [-0.4, -0.2) is 21.4 Å². The molecular formula is C21H18N4.